The predicted molar refractivity (Wildman–Crippen MR) is 141 cm³/mol. The standard InChI is InChI=1S/C26H31ClN6O2/c1-17-15-33(16-29-17)21-12-11-20(13-22(21)35-6)30-25(28)31-24(32(4)5)14-23(34)26(2,3)18-7-9-19(27)10-8-18/h7-13,15-16H,14H2,1-6H3,(H2,28,30). The Kier molecular flexibility index (Phi) is 7.96. The molecule has 0 atom stereocenters. The molecule has 0 aliphatic carbocycles. The number of aryl methyl sites for hydroxylation is 1. The minimum absolute atomic E-state index is 0.00159. The lowest BCUT2D eigenvalue weighted by molar-refractivity contribution is -0.122. The number of ketones is 1. The molecule has 0 aliphatic heterocycles. The summed E-state index contributed by atoms with van der Waals surface area (Å²) >= 11 is 6.00. The van der Waals surface area contributed by atoms with Crippen molar-refractivity contribution < 1.29 is 9.53 Å². The lowest BCUT2D eigenvalue weighted by Crippen LogP contribution is -2.35. The van der Waals surface area contributed by atoms with Gasteiger partial charge in [-0.25, -0.2) is 9.98 Å². The first kappa shape index (κ1) is 26.0. The second-order valence-corrected chi connectivity index (χ2v) is 9.34. The molecule has 8 nitrogen and oxygen atoms in total. The number of aromatic nitrogens is 2. The highest BCUT2D eigenvalue weighted by Gasteiger charge is 2.30. The smallest absolute Gasteiger partial charge is 0.222 e. The fraction of sp³-hybridized carbons (Fsp3) is 0.308. The summed E-state index contributed by atoms with van der Waals surface area (Å²) in [5, 5.41) is 0.626. The average Bonchev–Trinajstić information content (AvgIpc) is 3.24. The van der Waals surface area contributed by atoms with E-state index in [1.54, 1.807) is 36.5 Å². The molecule has 9 heteroatoms. The first-order valence-electron chi connectivity index (χ1n) is 11.1. The van der Waals surface area contributed by atoms with Crippen LogP contribution in [0.25, 0.3) is 5.69 Å². The Balaban J connectivity index is 1.84. The Labute approximate surface area is 211 Å². The van der Waals surface area contributed by atoms with Gasteiger partial charge in [-0.3, -0.25) is 4.79 Å². The van der Waals surface area contributed by atoms with Crippen LogP contribution in [-0.4, -0.2) is 53.2 Å². The summed E-state index contributed by atoms with van der Waals surface area (Å²) in [6.45, 7) is 5.70. The number of nitrogens with zero attached hydrogens (tertiary/aromatic N) is 5. The van der Waals surface area contributed by atoms with E-state index in [1.165, 1.54) is 0 Å². The number of ether oxygens (including phenoxy) is 1. The number of Topliss-reactive ketones (excluding diaryl/α,β-unsaturated/α-hetero) is 1. The molecule has 0 saturated heterocycles. The third-order valence-electron chi connectivity index (χ3n) is 5.74. The molecule has 0 saturated carbocycles. The van der Waals surface area contributed by atoms with Gasteiger partial charge in [-0.15, -0.1) is 0 Å². The van der Waals surface area contributed by atoms with E-state index in [0.29, 0.717) is 22.3 Å². The van der Waals surface area contributed by atoms with E-state index in [2.05, 4.69) is 15.0 Å². The highest BCUT2D eigenvalue weighted by molar-refractivity contribution is 6.30. The number of hydrogen-bond donors (Lipinski definition) is 1. The van der Waals surface area contributed by atoms with Crippen molar-refractivity contribution in [3.05, 3.63) is 71.3 Å². The minimum atomic E-state index is -0.720. The van der Waals surface area contributed by atoms with E-state index in [0.717, 1.165) is 16.9 Å². The molecular weight excluding hydrogens is 464 g/mol. The summed E-state index contributed by atoms with van der Waals surface area (Å²) in [5.74, 6) is 1.17. The quantitative estimate of drug-likeness (QED) is 0.379. The lowest BCUT2D eigenvalue weighted by Gasteiger charge is -2.25. The van der Waals surface area contributed by atoms with Crippen molar-refractivity contribution in [3.8, 4) is 11.4 Å². The van der Waals surface area contributed by atoms with Crippen LogP contribution in [0.5, 0.6) is 5.75 Å². The van der Waals surface area contributed by atoms with E-state index in [1.807, 2.05) is 69.9 Å². The monoisotopic (exact) mass is 494 g/mol. The zero-order chi connectivity index (χ0) is 25.8. The van der Waals surface area contributed by atoms with Crippen LogP contribution in [0.2, 0.25) is 5.02 Å². The second-order valence-electron chi connectivity index (χ2n) is 8.90. The Morgan fingerprint density at radius 2 is 1.89 bits per heavy atom. The molecule has 0 unspecified atom stereocenters. The zero-order valence-electron chi connectivity index (χ0n) is 20.9. The molecular formula is C26H31ClN6O2. The van der Waals surface area contributed by atoms with Crippen molar-refractivity contribution in [1.82, 2.24) is 14.5 Å². The van der Waals surface area contributed by atoms with E-state index in [4.69, 9.17) is 22.1 Å². The van der Waals surface area contributed by atoms with Gasteiger partial charge in [-0.1, -0.05) is 23.7 Å². The van der Waals surface area contributed by atoms with Gasteiger partial charge in [-0.05, 0) is 50.6 Å². The molecule has 2 aromatic carbocycles. The fourth-order valence-corrected chi connectivity index (χ4v) is 3.61. The number of hydrogen-bond acceptors (Lipinski definition) is 4. The van der Waals surface area contributed by atoms with Crippen LogP contribution >= 0.6 is 11.6 Å². The summed E-state index contributed by atoms with van der Waals surface area (Å²) in [6.07, 6.45) is 3.73. The number of guanidine groups is 1. The van der Waals surface area contributed by atoms with Crippen LogP contribution in [0.4, 0.5) is 5.69 Å². The SMILES string of the molecule is COc1cc(N=C(N)N=C(CC(=O)C(C)(C)c2ccc(Cl)cc2)N(C)C)ccc1-n1cnc(C)c1. The number of imidazole rings is 1. The second kappa shape index (κ2) is 10.7. The highest BCUT2D eigenvalue weighted by Crippen LogP contribution is 2.29. The maximum absolute atomic E-state index is 13.2. The predicted octanol–water partition coefficient (Wildman–Crippen LogP) is 4.69. The first-order chi connectivity index (χ1) is 16.5. The molecule has 3 aromatic rings. The number of aliphatic imine (C=N–C) groups is 2. The topological polar surface area (TPSA) is 98.1 Å². The number of rotatable bonds is 7. The third kappa shape index (κ3) is 6.27. The van der Waals surface area contributed by atoms with Crippen molar-refractivity contribution in [2.24, 2.45) is 15.7 Å². The molecule has 0 bridgehead atoms. The molecule has 0 fully saturated rings. The lowest BCUT2D eigenvalue weighted by atomic mass is 9.79. The fourth-order valence-electron chi connectivity index (χ4n) is 3.48. The molecule has 0 spiro atoms. The van der Waals surface area contributed by atoms with Crippen LogP contribution < -0.4 is 10.5 Å². The normalized spacial score (nSPS) is 12.5. The molecule has 0 radical (unpaired) electrons. The van der Waals surface area contributed by atoms with Gasteiger partial charge in [0.25, 0.3) is 0 Å². The van der Waals surface area contributed by atoms with Crippen molar-refractivity contribution in [2.45, 2.75) is 32.6 Å². The summed E-state index contributed by atoms with van der Waals surface area (Å²) in [4.78, 5) is 28.1. The summed E-state index contributed by atoms with van der Waals surface area (Å²) in [6, 6.07) is 12.8. The van der Waals surface area contributed by atoms with Crippen LogP contribution in [0.1, 0.15) is 31.5 Å². The molecule has 2 N–H and O–H groups in total. The van der Waals surface area contributed by atoms with Gasteiger partial charge < -0.3 is 19.9 Å². The van der Waals surface area contributed by atoms with E-state index in [9.17, 15) is 4.79 Å². The molecule has 1 heterocycles. The molecule has 0 amide bonds. The number of benzene rings is 2. The van der Waals surface area contributed by atoms with Gasteiger partial charge in [0.1, 0.15) is 17.4 Å². The molecule has 0 aliphatic rings. The zero-order valence-corrected chi connectivity index (χ0v) is 21.7. The van der Waals surface area contributed by atoms with Crippen molar-refractivity contribution in [1.29, 1.82) is 0 Å². The van der Waals surface area contributed by atoms with Crippen LogP contribution in [-0.2, 0) is 10.2 Å². The number of amidine groups is 1. The van der Waals surface area contributed by atoms with E-state index < -0.39 is 5.41 Å². The number of nitrogens with two attached hydrogens (primary N) is 1. The minimum Gasteiger partial charge on any atom is -0.494 e. The van der Waals surface area contributed by atoms with Gasteiger partial charge in [0.05, 0.1) is 36.9 Å². The Hall–Kier alpha value is -3.65. The van der Waals surface area contributed by atoms with E-state index >= 15 is 0 Å². The molecule has 1 aromatic heterocycles. The Morgan fingerprint density at radius 1 is 1.20 bits per heavy atom. The van der Waals surface area contributed by atoms with Crippen molar-refractivity contribution in [2.75, 3.05) is 21.2 Å². The van der Waals surface area contributed by atoms with Crippen LogP contribution in [0.15, 0.2) is 65.0 Å². The number of halogens is 1. The Bertz CT molecular complexity index is 1260. The van der Waals surface area contributed by atoms with E-state index in [-0.39, 0.29) is 18.2 Å². The largest absolute Gasteiger partial charge is 0.494 e. The van der Waals surface area contributed by atoms with Crippen LogP contribution in [0, 0.1) is 6.92 Å². The van der Waals surface area contributed by atoms with Crippen molar-refractivity contribution in [3.63, 3.8) is 0 Å². The van der Waals surface area contributed by atoms with Gasteiger partial charge in [0.2, 0.25) is 5.96 Å². The molecule has 3 rings (SSSR count). The summed E-state index contributed by atoms with van der Waals surface area (Å²) in [7, 11) is 5.23. The third-order valence-corrected chi connectivity index (χ3v) is 5.99. The number of carbonyl (C=O) groups is 1. The summed E-state index contributed by atoms with van der Waals surface area (Å²) in [5.41, 5.74) is 8.63. The Morgan fingerprint density at radius 3 is 2.46 bits per heavy atom. The summed E-state index contributed by atoms with van der Waals surface area (Å²) < 4.78 is 7.41. The maximum atomic E-state index is 13.2. The number of carbonyl (C=O) groups excluding carboxylic acids is 1. The van der Waals surface area contributed by atoms with Gasteiger partial charge in [-0.2, -0.15) is 4.99 Å². The highest BCUT2D eigenvalue weighted by atomic mass is 35.5. The first-order valence-corrected chi connectivity index (χ1v) is 11.5. The van der Waals surface area contributed by atoms with Crippen LogP contribution in [0.3, 0.4) is 0 Å². The van der Waals surface area contributed by atoms with Gasteiger partial charge in [0.15, 0.2) is 0 Å². The molecule has 184 valence electrons. The molecule has 35 heavy (non-hydrogen) atoms. The van der Waals surface area contributed by atoms with Gasteiger partial charge >= 0.3 is 0 Å². The van der Waals surface area contributed by atoms with Gasteiger partial charge in [0, 0.05) is 36.8 Å². The van der Waals surface area contributed by atoms with Crippen molar-refractivity contribution >= 4 is 34.9 Å². The average molecular weight is 495 g/mol. The number of methoxy groups -OCH3 is 1. The maximum Gasteiger partial charge on any atom is 0.222 e.